The summed E-state index contributed by atoms with van der Waals surface area (Å²) in [4.78, 5) is 0. The van der Waals surface area contributed by atoms with Crippen molar-refractivity contribution in [3.05, 3.63) is 121 Å². The second-order valence-electron chi connectivity index (χ2n) is 10.7. The van der Waals surface area contributed by atoms with Crippen molar-refractivity contribution in [2.45, 2.75) is 38.0 Å². The number of rotatable bonds is 14. The minimum Gasteiger partial charge on any atom is -0.430 e. The summed E-state index contributed by atoms with van der Waals surface area (Å²) in [6, 6.07) is 44.8. The molecule has 0 fully saturated rings. The summed E-state index contributed by atoms with van der Waals surface area (Å²) in [5, 5.41) is 4.78. The van der Waals surface area contributed by atoms with Gasteiger partial charge in [-0.25, -0.2) is 0 Å². The van der Waals surface area contributed by atoms with Crippen LogP contribution in [0.1, 0.15) is 12.8 Å². The maximum Gasteiger partial charge on any atom is 0.386 e. The van der Waals surface area contributed by atoms with Crippen LogP contribution in [0, 0.1) is 0 Å². The maximum atomic E-state index is 7.99. The van der Waals surface area contributed by atoms with Gasteiger partial charge in [0.05, 0.1) is 0 Å². The molecule has 0 radical (unpaired) electrons. The van der Waals surface area contributed by atoms with Gasteiger partial charge in [-0.1, -0.05) is 121 Å². The molecule has 39 heavy (non-hydrogen) atoms. The average Bonchev–Trinajstić information content (AvgIpc) is 2.99. The molecule has 4 rings (SSSR count). The summed E-state index contributed by atoms with van der Waals surface area (Å²) in [6.07, 6.45) is 1.82. The molecule has 0 aromatic heterocycles. The number of hydrogen-bond donors (Lipinski definition) is 2. The zero-order chi connectivity index (χ0) is 27.6. The first-order valence-corrected chi connectivity index (χ1v) is 21.0. The van der Waals surface area contributed by atoms with Crippen LogP contribution in [0.15, 0.2) is 121 Å². The van der Waals surface area contributed by atoms with Gasteiger partial charge < -0.3 is 19.7 Å². The van der Waals surface area contributed by atoms with Crippen molar-refractivity contribution < 1.29 is 8.23 Å². The normalized spacial score (nSPS) is 12.4. The molecule has 0 amide bonds. The predicted octanol–water partition coefficient (Wildman–Crippen LogP) is 3.94. The minimum atomic E-state index is -3.24. The molecule has 4 aromatic rings. The summed E-state index contributed by atoms with van der Waals surface area (Å²) in [5.74, 6) is 0. The smallest absolute Gasteiger partial charge is 0.386 e. The van der Waals surface area contributed by atoms with Gasteiger partial charge in [-0.2, -0.15) is 0 Å². The molecule has 0 atom stereocenters. The zero-order valence-electron chi connectivity index (χ0n) is 23.3. The molecular weight excluding hydrogens is 529 g/mol. The van der Waals surface area contributed by atoms with E-state index in [4.69, 9.17) is 19.7 Å². The van der Waals surface area contributed by atoms with Gasteiger partial charge in [0.15, 0.2) is 8.32 Å². The highest BCUT2D eigenvalue weighted by molar-refractivity contribution is 7.08. The highest BCUT2D eigenvalue weighted by Gasteiger charge is 2.54. The van der Waals surface area contributed by atoms with Crippen molar-refractivity contribution in [3.63, 3.8) is 0 Å². The largest absolute Gasteiger partial charge is 0.430 e. The molecule has 4 N–H and O–H groups in total. The second kappa shape index (κ2) is 13.6. The van der Waals surface area contributed by atoms with E-state index in [2.05, 4.69) is 134 Å². The highest BCUT2D eigenvalue weighted by Crippen LogP contribution is 2.27. The number of hydrogen-bond acceptors (Lipinski definition) is 4. The predicted molar refractivity (Wildman–Crippen MR) is 172 cm³/mol. The van der Waals surface area contributed by atoms with E-state index in [0.29, 0.717) is 13.1 Å². The Hall–Kier alpha value is -2.63. The molecule has 0 aliphatic heterocycles. The fourth-order valence-corrected chi connectivity index (χ4v) is 20.3. The van der Waals surface area contributed by atoms with Gasteiger partial charge >= 0.3 is 8.56 Å². The number of nitrogens with two attached hydrogens (primary N) is 2. The summed E-state index contributed by atoms with van der Waals surface area (Å²) in [6.45, 7) is 5.90. The quantitative estimate of drug-likeness (QED) is 0.225. The van der Waals surface area contributed by atoms with Crippen LogP contribution in [-0.2, 0) is 8.23 Å². The summed E-state index contributed by atoms with van der Waals surface area (Å²) >= 11 is 0. The van der Waals surface area contributed by atoms with Gasteiger partial charge in [0.2, 0.25) is 8.32 Å². The Morgan fingerprint density at radius 3 is 1.23 bits per heavy atom. The first-order valence-electron chi connectivity index (χ1n) is 14.0. The van der Waals surface area contributed by atoms with Crippen molar-refractivity contribution in [2.75, 3.05) is 13.1 Å². The monoisotopic (exact) mass is 570 g/mol. The lowest BCUT2D eigenvalue weighted by atomic mass is 10.4. The lowest BCUT2D eigenvalue weighted by Gasteiger charge is -2.45. The topological polar surface area (TPSA) is 70.5 Å². The van der Waals surface area contributed by atoms with E-state index in [1.54, 1.807) is 0 Å². The molecule has 4 aromatic carbocycles. The Kier molecular flexibility index (Phi) is 10.3. The van der Waals surface area contributed by atoms with Gasteiger partial charge in [-0.05, 0) is 71.9 Å². The standard InChI is InChI=1S/C32H42N2O2Si3/c1-37(2,27-15-25-33)35-39(31-21-11-5-12-22-31,32-23-13-6-14-24-32)36-38(28-16-26-34,29-17-7-3-8-18-29)30-19-9-4-10-20-30/h3-14,17-24H,15-16,25-28,33-34H2,1-2H3. The molecule has 0 aliphatic rings. The molecule has 0 aliphatic carbocycles. The van der Waals surface area contributed by atoms with Crippen LogP contribution in [-0.4, -0.2) is 38.3 Å². The van der Waals surface area contributed by atoms with E-state index in [1.165, 1.54) is 10.4 Å². The van der Waals surface area contributed by atoms with E-state index in [0.717, 1.165) is 35.3 Å². The van der Waals surface area contributed by atoms with E-state index in [1.807, 2.05) is 0 Å². The summed E-state index contributed by atoms with van der Waals surface area (Å²) < 4.78 is 15.6. The third kappa shape index (κ3) is 6.93. The second-order valence-corrected chi connectivity index (χ2v) is 22.0. The molecule has 4 nitrogen and oxygen atoms in total. The SMILES string of the molecule is C[Si](C)(CCCN)O[Si](O[Si](CCCN)(c1ccccc1)c1ccccc1)(c1ccccc1)c1ccccc1. The molecule has 0 saturated heterocycles. The highest BCUT2D eigenvalue weighted by atomic mass is 28.5. The maximum absolute atomic E-state index is 7.99. The Balaban J connectivity index is 2.03. The first-order chi connectivity index (χ1) is 19.0. The van der Waals surface area contributed by atoms with E-state index in [9.17, 15) is 0 Å². The average molecular weight is 571 g/mol. The summed E-state index contributed by atoms with van der Waals surface area (Å²) in [5.41, 5.74) is 12.1. The Labute approximate surface area is 237 Å². The third-order valence-electron chi connectivity index (χ3n) is 7.24. The van der Waals surface area contributed by atoms with Crippen molar-refractivity contribution in [3.8, 4) is 0 Å². The van der Waals surface area contributed by atoms with Crippen LogP contribution in [0.25, 0.3) is 0 Å². The lowest BCUT2D eigenvalue weighted by Crippen LogP contribution is -2.76. The van der Waals surface area contributed by atoms with Crippen molar-refractivity contribution in [1.82, 2.24) is 0 Å². The Bertz CT molecular complexity index is 1180. The minimum absolute atomic E-state index is 0.612. The summed E-state index contributed by atoms with van der Waals surface area (Å²) in [7, 11) is -8.29. The molecular formula is C32H42N2O2Si3. The Morgan fingerprint density at radius 1 is 0.487 bits per heavy atom. The van der Waals surface area contributed by atoms with Gasteiger partial charge in [-0.15, -0.1) is 0 Å². The molecule has 0 saturated carbocycles. The molecule has 0 unspecified atom stereocenters. The van der Waals surface area contributed by atoms with Gasteiger partial charge in [0.1, 0.15) is 0 Å². The van der Waals surface area contributed by atoms with Crippen LogP contribution >= 0.6 is 0 Å². The molecule has 7 heteroatoms. The lowest BCUT2D eigenvalue weighted by molar-refractivity contribution is 0.410. The van der Waals surface area contributed by atoms with Crippen molar-refractivity contribution >= 4 is 45.9 Å². The first kappa shape index (κ1) is 29.4. The molecule has 0 spiro atoms. The van der Waals surface area contributed by atoms with Crippen LogP contribution in [0.2, 0.25) is 25.2 Å². The van der Waals surface area contributed by atoms with Crippen molar-refractivity contribution in [2.24, 2.45) is 11.5 Å². The van der Waals surface area contributed by atoms with Crippen molar-refractivity contribution in [1.29, 1.82) is 0 Å². The molecule has 204 valence electrons. The van der Waals surface area contributed by atoms with E-state index in [-0.39, 0.29) is 0 Å². The van der Waals surface area contributed by atoms with Gasteiger partial charge in [0, 0.05) is 0 Å². The van der Waals surface area contributed by atoms with E-state index < -0.39 is 25.2 Å². The fourth-order valence-electron chi connectivity index (χ4n) is 5.34. The fraction of sp³-hybridized carbons (Fsp3) is 0.250. The van der Waals surface area contributed by atoms with Crippen LogP contribution in [0.4, 0.5) is 0 Å². The Morgan fingerprint density at radius 2 is 0.846 bits per heavy atom. The van der Waals surface area contributed by atoms with Gasteiger partial charge in [0.25, 0.3) is 0 Å². The van der Waals surface area contributed by atoms with Crippen LogP contribution < -0.4 is 32.2 Å². The molecule has 0 bridgehead atoms. The zero-order valence-corrected chi connectivity index (χ0v) is 26.3. The van der Waals surface area contributed by atoms with Crippen LogP contribution in [0.3, 0.4) is 0 Å². The number of benzene rings is 4. The third-order valence-corrected chi connectivity index (χ3v) is 20.5. The van der Waals surface area contributed by atoms with Crippen LogP contribution in [0.5, 0.6) is 0 Å². The van der Waals surface area contributed by atoms with E-state index >= 15 is 0 Å². The molecule has 0 heterocycles. The van der Waals surface area contributed by atoms with Gasteiger partial charge in [-0.3, -0.25) is 0 Å².